The Hall–Kier alpha value is -1.09. The van der Waals surface area contributed by atoms with Crippen LogP contribution in [0.15, 0.2) is 23.1 Å². The first-order chi connectivity index (χ1) is 4.72. The molecular weight excluding hydrogens is 128 g/mol. The zero-order valence-corrected chi connectivity index (χ0v) is 5.79. The highest BCUT2D eigenvalue weighted by Gasteiger charge is 2.01. The maximum atomic E-state index is 10.9. The fraction of sp³-hybridized carbons (Fsp3) is 0.286. The van der Waals surface area contributed by atoms with Gasteiger partial charge in [0, 0.05) is 17.8 Å². The fourth-order valence-corrected chi connectivity index (χ4v) is 0.793. The van der Waals surface area contributed by atoms with E-state index in [1.165, 1.54) is 0 Å². The van der Waals surface area contributed by atoms with Crippen molar-refractivity contribution in [2.45, 2.75) is 13.0 Å². The maximum Gasteiger partial charge on any atom is 0.252 e. The minimum atomic E-state index is -0.190. The highest BCUT2D eigenvalue weighted by Crippen LogP contribution is 1.99. The molecule has 0 aliphatic rings. The number of nitrogens with one attached hydrogen (secondary N) is 1. The molecule has 10 heavy (non-hydrogen) atoms. The van der Waals surface area contributed by atoms with Crippen LogP contribution in [0, 0.1) is 0 Å². The molecular formula is C7H10N2O. The van der Waals surface area contributed by atoms with Gasteiger partial charge < -0.3 is 10.7 Å². The van der Waals surface area contributed by atoms with Gasteiger partial charge in [0.15, 0.2) is 0 Å². The number of hydrogen-bond donors (Lipinski definition) is 2. The predicted molar refractivity (Wildman–Crippen MR) is 39.7 cm³/mol. The summed E-state index contributed by atoms with van der Waals surface area (Å²) in [6, 6.07) is 3.30. The van der Waals surface area contributed by atoms with Crippen LogP contribution in [0.4, 0.5) is 0 Å². The van der Waals surface area contributed by atoms with Gasteiger partial charge in [0.25, 0.3) is 5.56 Å². The Kier molecular flexibility index (Phi) is 1.87. The lowest BCUT2D eigenvalue weighted by Gasteiger charge is -2.00. The van der Waals surface area contributed by atoms with Crippen LogP contribution in [0.25, 0.3) is 0 Å². The van der Waals surface area contributed by atoms with E-state index >= 15 is 0 Å². The lowest BCUT2D eigenvalue weighted by molar-refractivity contribution is 0.800. The molecule has 1 heterocycles. The Morgan fingerprint density at radius 2 is 2.40 bits per heavy atom. The van der Waals surface area contributed by atoms with Crippen molar-refractivity contribution in [1.82, 2.24) is 4.98 Å². The molecule has 0 amide bonds. The van der Waals surface area contributed by atoms with Crippen molar-refractivity contribution < 1.29 is 0 Å². The minimum Gasteiger partial charge on any atom is -0.329 e. The third-order valence-electron chi connectivity index (χ3n) is 1.34. The van der Waals surface area contributed by atoms with Crippen LogP contribution in [0.2, 0.25) is 0 Å². The van der Waals surface area contributed by atoms with E-state index in [1.807, 2.05) is 0 Å². The van der Waals surface area contributed by atoms with Crippen molar-refractivity contribution in [3.63, 3.8) is 0 Å². The molecule has 1 aromatic rings. The molecule has 1 rings (SSSR count). The van der Waals surface area contributed by atoms with Crippen molar-refractivity contribution in [2.24, 2.45) is 5.73 Å². The molecule has 0 fully saturated rings. The Morgan fingerprint density at radius 1 is 1.70 bits per heavy atom. The summed E-state index contributed by atoms with van der Waals surface area (Å²) in [6.07, 6.45) is 1.59. The smallest absolute Gasteiger partial charge is 0.252 e. The van der Waals surface area contributed by atoms with Crippen LogP contribution in [-0.4, -0.2) is 4.98 Å². The maximum absolute atomic E-state index is 10.9. The second-order valence-corrected chi connectivity index (χ2v) is 2.24. The fourth-order valence-electron chi connectivity index (χ4n) is 0.793. The van der Waals surface area contributed by atoms with E-state index in [1.54, 1.807) is 25.3 Å². The van der Waals surface area contributed by atoms with E-state index < -0.39 is 0 Å². The number of pyridine rings is 1. The van der Waals surface area contributed by atoms with Gasteiger partial charge in [-0.25, -0.2) is 0 Å². The zero-order chi connectivity index (χ0) is 7.56. The van der Waals surface area contributed by atoms with Gasteiger partial charge in [-0.1, -0.05) is 6.07 Å². The van der Waals surface area contributed by atoms with Crippen LogP contribution in [0.1, 0.15) is 18.5 Å². The summed E-state index contributed by atoms with van der Waals surface area (Å²) in [5, 5.41) is 0. The van der Waals surface area contributed by atoms with Gasteiger partial charge in [-0.05, 0) is 13.0 Å². The van der Waals surface area contributed by atoms with Crippen molar-refractivity contribution in [3.8, 4) is 0 Å². The van der Waals surface area contributed by atoms with Gasteiger partial charge in [-0.3, -0.25) is 4.79 Å². The summed E-state index contributed by atoms with van der Waals surface area (Å²) in [4.78, 5) is 13.5. The van der Waals surface area contributed by atoms with Crippen LogP contribution in [0.5, 0.6) is 0 Å². The first kappa shape index (κ1) is 7.02. The normalized spacial score (nSPS) is 13.0. The van der Waals surface area contributed by atoms with Gasteiger partial charge in [0.1, 0.15) is 0 Å². The molecule has 3 N–H and O–H groups in total. The quantitative estimate of drug-likeness (QED) is 0.590. The second-order valence-electron chi connectivity index (χ2n) is 2.24. The van der Waals surface area contributed by atoms with E-state index in [9.17, 15) is 4.79 Å². The SMILES string of the molecule is C[C@H](N)c1ccc[nH]c1=O. The first-order valence-electron chi connectivity index (χ1n) is 3.15. The lowest BCUT2D eigenvalue weighted by Crippen LogP contribution is -2.18. The summed E-state index contributed by atoms with van der Waals surface area (Å²) >= 11 is 0. The molecule has 3 nitrogen and oxygen atoms in total. The van der Waals surface area contributed by atoms with E-state index in [0.717, 1.165) is 0 Å². The molecule has 54 valence electrons. The monoisotopic (exact) mass is 138 g/mol. The molecule has 0 saturated carbocycles. The molecule has 1 atom stereocenters. The number of hydrogen-bond acceptors (Lipinski definition) is 2. The summed E-state index contributed by atoms with van der Waals surface area (Å²) in [5.74, 6) is 0. The number of H-pyrrole nitrogens is 1. The van der Waals surface area contributed by atoms with Gasteiger partial charge >= 0.3 is 0 Å². The second kappa shape index (κ2) is 2.66. The number of aromatic nitrogens is 1. The Labute approximate surface area is 58.9 Å². The largest absolute Gasteiger partial charge is 0.329 e. The average Bonchev–Trinajstić information content (AvgIpc) is 1.88. The molecule has 0 bridgehead atoms. The highest BCUT2D eigenvalue weighted by atomic mass is 16.1. The van der Waals surface area contributed by atoms with Crippen molar-refractivity contribution in [2.75, 3.05) is 0 Å². The van der Waals surface area contributed by atoms with Gasteiger partial charge in [0.2, 0.25) is 0 Å². The van der Waals surface area contributed by atoms with Gasteiger partial charge in [-0.15, -0.1) is 0 Å². The molecule has 0 aliphatic heterocycles. The van der Waals surface area contributed by atoms with E-state index in [0.29, 0.717) is 5.56 Å². The van der Waals surface area contributed by atoms with E-state index in [-0.39, 0.29) is 11.6 Å². The minimum absolute atomic E-state index is 0.0995. The molecule has 3 heteroatoms. The van der Waals surface area contributed by atoms with Crippen LogP contribution >= 0.6 is 0 Å². The number of aromatic amines is 1. The zero-order valence-electron chi connectivity index (χ0n) is 5.79. The number of nitrogens with two attached hydrogens (primary N) is 1. The summed E-state index contributed by atoms with van der Waals surface area (Å²) in [7, 11) is 0. The molecule has 1 aromatic heterocycles. The Balaban J connectivity index is 3.16. The predicted octanol–water partition coefficient (Wildman–Crippen LogP) is 0.395. The topological polar surface area (TPSA) is 58.9 Å². The van der Waals surface area contributed by atoms with Crippen LogP contribution in [-0.2, 0) is 0 Å². The average molecular weight is 138 g/mol. The lowest BCUT2D eigenvalue weighted by atomic mass is 10.2. The van der Waals surface area contributed by atoms with Crippen LogP contribution in [0.3, 0.4) is 0 Å². The third-order valence-corrected chi connectivity index (χ3v) is 1.34. The molecule has 0 saturated heterocycles. The van der Waals surface area contributed by atoms with E-state index in [2.05, 4.69) is 4.98 Å². The summed E-state index contributed by atoms with van der Waals surface area (Å²) in [6.45, 7) is 1.78. The summed E-state index contributed by atoms with van der Waals surface area (Å²) < 4.78 is 0. The third kappa shape index (κ3) is 1.25. The number of rotatable bonds is 1. The van der Waals surface area contributed by atoms with Crippen molar-refractivity contribution >= 4 is 0 Å². The summed E-state index contributed by atoms with van der Waals surface area (Å²) in [5.41, 5.74) is 6.02. The molecule has 0 spiro atoms. The van der Waals surface area contributed by atoms with Crippen molar-refractivity contribution in [1.29, 1.82) is 0 Å². The Bertz CT molecular complexity index is 264. The molecule has 0 unspecified atom stereocenters. The highest BCUT2D eigenvalue weighted by molar-refractivity contribution is 5.12. The first-order valence-corrected chi connectivity index (χ1v) is 3.15. The Morgan fingerprint density at radius 3 is 2.80 bits per heavy atom. The van der Waals surface area contributed by atoms with Gasteiger partial charge in [-0.2, -0.15) is 0 Å². The van der Waals surface area contributed by atoms with Crippen LogP contribution < -0.4 is 11.3 Å². The van der Waals surface area contributed by atoms with Crippen molar-refractivity contribution in [3.05, 3.63) is 34.2 Å². The standard InChI is InChI=1S/C7H10N2O/c1-5(8)6-3-2-4-9-7(6)10/h2-5H,8H2,1H3,(H,9,10)/t5-/m0/s1. The molecule has 0 aliphatic carbocycles. The molecule has 0 radical (unpaired) electrons. The molecule has 0 aromatic carbocycles. The van der Waals surface area contributed by atoms with Gasteiger partial charge in [0.05, 0.1) is 0 Å². The van der Waals surface area contributed by atoms with E-state index in [4.69, 9.17) is 5.73 Å².